The maximum absolute atomic E-state index is 12.7. The van der Waals surface area contributed by atoms with Gasteiger partial charge in [0.05, 0.1) is 12.0 Å². The van der Waals surface area contributed by atoms with E-state index in [2.05, 4.69) is 4.98 Å². The maximum Gasteiger partial charge on any atom is 0.284 e. The van der Waals surface area contributed by atoms with Gasteiger partial charge < -0.3 is 4.57 Å². The summed E-state index contributed by atoms with van der Waals surface area (Å²) in [5.41, 5.74) is 1.59. The second-order valence-electron chi connectivity index (χ2n) is 4.46. The van der Waals surface area contributed by atoms with Crippen LogP contribution in [0.4, 0.5) is 5.69 Å². The zero-order valence-corrected chi connectivity index (χ0v) is 13.1. The fourth-order valence-electron chi connectivity index (χ4n) is 1.95. The number of hydrogen-bond acceptors (Lipinski definition) is 3. The van der Waals surface area contributed by atoms with Gasteiger partial charge in [0.15, 0.2) is 0 Å². The molecule has 2 rings (SSSR count). The van der Waals surface area contributed by atoms with Gasteiger partial charge in [0.1, 0.15) is 5.15 Å². The van der Waals surface area contributed by atoms with E-state index in [1.165, 1.54) is 15.2 Å². The molecule has 20 heavy (non-hydrogen) atoms. The Balaban J connectivity index is 2.53. The van der Waals surface area contributed by atoms with Crippen molar-refractivity contribution >= 4 is 27.3 Å². The van der Waals surface area contributed by atoms with E-state index >= 15 is 0 Å². The number of halogens is 1. The molecule has 0 bridgehead atoms. The van der Waals surface area contributed by atoms with Crippen LogP contribution in [0, 0.1) is 6.92 Å². The van der Waals surface area contributed by atoms with E-state index in [-0.39, 0.29) is 10.2 Å². The number of imidazole rings is 1. The van der Waals surface area contributed by atoms with Crippen molar-refractivity contribution in [1.29, 1.82) is 0 Å². The molecule has 1 aromatic heterocycles. The molecule has 2 aromatic rings. The molecule has 0 fully saturated rings. The Labute approximate surface area is 123 Å². The minimum Gasteiger partial charge on any atom is -0.324 e. The summed E-state index contributed by atoms with van der Waals surface area (Å²) in [4.78, 5) is 3.91. The number of nitrogens with zero attached hydrogens (tertiary/aromatic N) is 3. The van der Waals surface area contributed by atoms with E-state index in [0.29, 0.717) is 12.2 Å². The first kappa shape index (κ1) is 14.9. The number of aryl methyl sites for hydroxylation is 2. The molecule has 0 saturated carbocycles. The zero-order valence-electron chi connectivity index (χ0n) is 11.5. The average Bonchev–Trinajstić information content (AvgIpc) is 2.71. The molecule has 0 radical (unpaired) electrons. The summed E-state index contributed by atoms with van der Waals surface area (Å²) in [5, 5.41) is -0.0128. The highest BCUT2D eigenvalue weighted by molar-refractivity contribution is 7.92. The van der Waals surface area contributed by atoms with Crippen LogP contribution in [0.25, 0.3) is 0 Å². The Morgan fingerprint density at radius 1 is 1.40 bits per heavy atom. The number of rotatable bonds is 4. The van der Waals surface area contributed by atoms with E-state index in [0.717, 1.165) is 5.56 Å². The molecule has 0 atom stereocenters. The van der Waals surface area contributed by atoms with E-state index in [9.17, 15) is 8.42 Å². The molecule has 5 nitrogen and oxygen atoms in total. The monoisotopic (exact) mass is 313 g/mol. The largest absolute Gasteiger partial charge is 0.324 e. The van der Waals surface area contributed by atoms with Crippen molar-refractivity contribution < 1.29 is 8.42 Å². The van der Waals surface area contributed by atoms with Gasteiger partial charge in [0.2, 0.25) is 5.03 Å². The fourth-order valence-corrected chi connectivity index (χ4v) is 3.81. The minimum absolute atomic E-state index is 0.108. The lowest BCUT2D eigenvalue weighted by Crippen LogP contribution is -2.31. The Morgan fingerprint density at radius 3 is 2.60 bits per heavy atom. The van der Waals surface area contributed by atoms with Gasteiger partial charge in [-0.25, -0.2) is 4.98 Å². The van der Waals surface area contributed by atoms with Crippen LogP contribution >= 0.6 is 11.6 Å². The molecule has 0 aliphatic heterocycles. The quantitative estimate of drug-likeness (QED) is 0.872. The second kappa shape index (κ2) is 5.46. The van der Waals surface area contributed by atoms with Gasteiger partial charge in [-0.2, -0.15) is 8.42 Å². The van der Waals surface area contributed by atoms with E-state index < -0.39 is 10.0 Å². The summed E-state index contributed by atoms with van der Waals surface area (Å²) in [6, 6.07) is 7.31. The number of anilines is 1. The van der Waals surface area contributed by atoms with Crippen LogP contribution in [-0.4, -0.2) is 24.5 Å². The minimum atomic E-state index is -3.76. The van der Waals surface area contributed by atoms with Crippen molar-refractivity contribution in [1.82, 2.24) is 9.55 Å². The van der Waals surface area contributed by atoms with Crippen LogP contribution in [0.2, 0.25) is 5.15 Å². The Bertz CT molecular complexity index is 725. The predicted octanol–water partition coefficient (Wildman–Crippen LogP) is 2.60. The second-order valence-corrected chi connectivity index (χ2v) is 6.60. The van der Waals surface area contributed by atoms with E-state index in [1.807, 2.05) is 25.1 Å². The van der Waals surface area contributed by atoms with Crippen molar-refractivity contribution in [2.75, 3.05) is 10.8 Å². The molecule has 108 valence electrons. The van der Waals surface area contributed by atoms with Gasteiger partial charge in [-0.3, -0.25) is 4.31 Å². The normalized spacial score (nSPS) is 11.6. The molecule has 7 heteroatoms. The standard InChI is InChI=1S/C13H16ClN3O2S/c1-4-17(11-7-5-6-10(2)8-11)20(18,19)13-12(14)16(3)9-15-13/h5-9H,4H2,1-3H3. The van der Waals surface area contributed by atoms with Crippen molar-refractivity contribution in [2.45, 2.75) is 18.9 Å². The Kier molecular flexibility index (Phi) is 4.06. The molecule has 0 spiro atoms. The maximum atomic E-state index is 12.7. The number of hydrogen-bond donors (Lipinski definition) is 0. The fraction of sp³-hybridized carbons (Fsp3) is 0.308. The highest BCUT2D eigenvalue weighted by Crippen LogP contribution is 2.27. The van der Waals surface area contributed by atoms with Crippen molar-refractivity contribution in [3.63, 3.8) is 0 Å². The molecular weight excluding hydrogens is 298 g/mol. The predicted molar refractivity (Wildman–Crippen MR) is 79.6 cm³/mol. The molecular formula is C13H16ClN3O2S. The van der Waals surface area contributed by atoms with Crippen molar-refractivity contribution in [3.05, 3.63) is 41.3 Å². The lowest BCUT2D eigenvalue weighted by Gasteiger charge is -2.22. The molecule has 0 N–H and O–H groups in total. The van der Waals surface area contributed by atoms with Crippen LogP contribution in [-0.2, 0) is 17.1 Å². The molecule has 0 unspecified atom stereocenters. The van der Waals surface area contributed by atoms with Gasteiger partial charge in [-0.05, 0) is 31.5 Å². The van der Waals surface area contributed by atoms with Crippen LogP contribution in [0.5, 0.6) is 0 Å². The molecule has 0 saturated heterocycles. The summed E-state index contributed by atoms with van der Waals surface area (Å²) in [7, 11) is -2.11. The van der Waals surface area contributed by atoms with Crippen molar-refractivity contribution in [2.24, 2.45) is 7.05 Å². The summed E-state index contributed by atoms with van der Waals surface area (Å²) < 4.78 is 28.1. The number of sulfonamides is 1. The topological polar surface area (TPSA) is 55.2 Å². The van der Waals surface area contributed by atoms with Crippen LogP contribution in [0.3, 0.4) is 0 Å². The molecule has 0 amide bonds. The smallest absolute Gasteiger partial charge is 0.284 e. The first-order chi connectivity index (χ1) is 9.37. The van der Waals surface area contributed by atoms with E-state index in [1.54, 1.807) is 20.0 Å². The summed E-state index contributed by atoms with van der Waals surface area (Å²) in [5.74, 6) is 0. The number of benzene rings is 1. The van der Waals surface area contributed by atoms with Crippen LogP contribution in [0.1, 0.15) is 12.5 Å². The number of aromatic nitrogens is 2. The first-order valence-corrected chi connectivity index (χ1v) is 7.96. The lowest BCUT2D eigenvalue weighted by atomic mass is 10.2. The molecule has 0 aliphatic rings. The highest BCUT2D eigenvalue weighted by Gasteiger charge is 2.29. The molecule has 1 aromatic carbocycles. The van der Waals surface area contributed by atoms with Crippen LogP contribution < -0.4 is 4.31 Å². The first-order valence-electron chi connectivity index (χ1n) is 6.14. The molecule has 0 aliphatic carbocycles. The lowest BCUT2D eigenvalue weighted by molar-refractivity contribution is 0.588. The van der Waals surface area contributed by atoms with Crippen molar-refractivity contribution in [3.8, 4) is 0 Å². The summed E-state index contributed by atoms with van der Waals surface area (Å²) in [6.07, 6.45) is 1.39. The third-order valence-electron chi connectivity index (χ3n) is 2.95. The van der Waals surface area contributed by atoms with Gasteiger partial charge in [-0.15, -0.1) is 0 Å². The van der Waals surface area contributed by atoms with E-state index in [4.69, 9.17) is 11.6 Å². The molecule has 1 heterocycles. The SMILES string of the molecule is CCN(c1cccc(C)c1)S(=O)(=O)c1ncn(C)c1Cl. The average molecular weight is 314 g/mol. The third kappa shape index (κ3) is 2.53. The van der Waals surface area contributed by atoms with Gasteiger partial charge >= 0.3 is 0 Å². The highest BCUT2D eigenvalue weighted by atomic mass is 35.5. The van der Waals surface area contributed by atoms with Gasteiger partial charge in [-0.1, -0.05) is 23.7 Å². The Hall–Kier alpha value is -1.53. The summed E-state index contributed by atoms with van der Waals surface area (Å²) in [6.45, 7) is 3.99. The Morgan fingerprint density at radius 2 is 2.10 bits per heavy atom. The van der Waals surface area contributed by atoms with Crippen LogP contribution in [0.15, 0.2) is 35.6 Å². The summed E-state index contributed by atoms with van der Waals surface area (Å²) >= 11 is 6.01. The zero-order chi connectivity index (χ0) is 14.9. The van der Waals surface area contributed by atoms with Gasteiger partial charge in [0.25, 0.3) is 10.0 Å². The third-order valence-corrected chi connectivity index (χ3v) is 5.34. The van der Waals surface area contributed by atoms with Gasteiger partial charge in [0, 0.05) is 13.6 Å².